The van der Waals surface area contributed by atoms with E-state index in [0.717, 1.165) is 11.1 Å². The zero-order chi connectivity index (χ0) is 15.4. The van der Waals surface area contributed by atoms with Crippen molar-refractivity contribution >= 4 is 11.6 Å². The van der Waals surface area contributed by atoms with E-state index in [4.69, 9.17) is 9.63 Å². The Labute approximate surface area is 126 Å². The molecule has 0 saturated heterocycles. The molecule has 6 heteroatoms. The Kier molecular flexibility index (Phi) is 3.93. The van der Waals surface area contributed by atoms with Crippen LogP contribution in [0, 0.1) is 0 Å². The number of nitrogens with zero attached hydrogens (tertiary/aromatic N) is 2. The second-order valence-corrected chi connectivity index (χ2v) is 4.62. The van der Waals surface area contributed by atoms with E-state index in [0.29, 0.717) is 11.4 Å². The molecule has 0 aliphatic carbocycles. The van der Waals surface area contributed by atoms with Gasteiger partial charge in [-0.25, -0.2) is 0 Å². The van der Waals surface area contributed by atoms with Crippen LogP contribution in [0.2, 0.25) is 0 Å². The lowest BCUT2D eigenvalue weighted by Gasteiger charge is -2.04. The summed E-state index contributed by atoms with van der Waals surface area (Å²) in [5, 5.41) is 15.6. The van der Waals surface area contributed by atoms with Crippen LogP contribution in [-0.2, 0) is 6.61 Å². The number of aliphatic hydroxyl groups excluding tert-OH is 1. The molecule has 0 saturated carbocycles. The number of aromatic nitrogens is 2. The average molecular weight is 295 g/mol. The molecule has 3 aromatic rings. The highest BCUT2D eigenvalue weighted by molar-refractivity contribution is 6.03. The van der Waals surface area contributed by atoms with Crippen molar-refractivity contribution in [2.75, 3.05) is 5.32 Å². The summed E-state index contributed by atoms with van der Waals surface area (Å²) in [4.78, 5) is 16.1. The number of carbonyl (C=O) groups excluding carboxylic acids is 1. The van der Waals surface area contributed by atoms with Crippen LogP contribution < -0.4 is 5.32 Å². The SMILES string of the molecule is O=C(Nc1cccc(CO)c1)c1cc(-c2ccncc2)on1. The van der Waals surface area contributed by atoms with Gasteiger partial charge in [-0.05, 0) is 29.8 Å². The van der Waals surface area contributed by atoms with Crippen LogP contribution in [0.4, 0.5) is 5.69 Å². The van der Waals surface area contributed by atoms with Gasteiger partial charge >= 0.3 is 0 Å². The molecule has 0 aliphatic rings. The van der Waals surface area contributed by atoms with Gasteiger partial charge in [0.15, 0.2) is 11.5 Å². The van der Waals surface area contributed by atoms with Crippen molar-refractivity contribution in [3.05, 3.63) is 66.1 Å². The first kappa shape index (κ1) is 14.0. The van der Waals surface area contributed by atoms with E-state index in [2.05, 4.69) is 15.5 Å². The quantitative estimate of drug-likeness (QED) is 0.772. The molecule has 0 fully saturated rings. The van der Waals surface area contributed by atoms with Gasteiger partial charge < -0.3 is 14.9 Å². The van der Waals surface area contributed by atoms with Crippen LogP contribution in [0.15, 0.2) is 59.4 Å². The van der Waals surface area contributed by atoms with Gasteiger partial charge in [0.05, 0.1) is 6.61 Å². The predicted octanol–water partition coefficient (Wildman–Crippen LogP) is 2.48. The molecule has 0 aliphatic heterocycles. The first-order valence-corrected chi connectivity index (χ1v) is 6.64. The molecule has 2 heterocycles. The fraction of sp³-hybridized carbons (Fsp3) is 0.0625. The molecule has 0 radical (unpaired) electrons. The number of rotatable bonds is 4. The highest BCUT2D eigenvalue weighted by atomic mass is 16.5. The second kappa shape index (κ2) is 6.19. The van der Waals surface area contributed by atoms with Crippen molar-refractivity contribution in [1.29, 1.82) is 0 Å². The molecule has 110 valence electrons. The highest BCUT2D eigenvalue weighted by Crippen LogP contribution is 2.20. The second-order valence-electron chi connectivity index (χ2n) is 4.62. The summed E-state index contributed by atoms with van der Waals surface area (Å²) >= 11 is 0. The Morgan fingerprint density at radius 2 is 2.00 bits per heavy atom. The number of pyridine rings is 1. The summed E-state index contributed by atoms with van der Waals surface area (Å²) in [5.41, 5.74) is 2.28. The van der Waals surface area contributed by atoms with Crippen LogP contribution in [0.3, 0.4) is 0 Å². The number of hydrogen-bond acceptors (Lipinski definition) is 5. The normalized spacial score (nSPS) is 10.4. The lowest BCUT2D eigenvalue weighted by atomic mass is 10.2. The van der Waals surface area contributed by atoms with Gasteiger partial charge in [0, 0.05) is 29.7 Å². The maximum atomic E-state index is 12.1. The van der Waals surface area contributed by atoms with Crippen LogP contribution >= 0.6 is 0 Å². The summed E-state index contributed by atoms with van der Waals surface area (Å²) in [6.45, 7) is -0.0835. The van der Waals surface area contributed by atoms with Gasteiger partial charge in [-0.2, -0.15) is 0 Å². The number of anilines is 1. The summed E-state index contributed by atoms with van der Waals surface area (Å²) in [5.74, 6) is 0.121. The molecule has 0 bridgehead atoms. The largest absolute Gasteiger partial charge is 0.392 e. The summed E-state index contributed by atoms with van der Waals surface area (Å²) in [6.07, 6.45) is 3.27. The van der Waals surface area contributed by atoms with Gasteiger partial charge in [-0.1, -0.05) is 17.3 Å². The molecular formula is C16H13N3O3. The Balaban J connectivity index is 1.77. The lowest BCUT2D eigenvalue weighted by molar-refractivity contribution is 0.101. The molecule has 0 spiro atoms. The van der Waals surface area contributed by atoms with Gasteiger partial charge in [0.2, 0.25) is 0 Å². The average Bonchev–Trinajstić information content (AvgIpc) is 3.06. The Bertz CT molecular complexity index is 784. The monoisotopic (exact) mass is 295 g/mol. The third-order valence-electron chi connectivity index (χ3n) is 3.08. The molecule has 6 nitrogen and oxygen atoms in total. The van der Waals surface area contributed by atoms with Crippen molar-refractivity contribution in [3.8, 4) is 11.3 Å². The molecule has 2 aromatic heterocycles. The molecule has 3 rings (SSSR count). The zero-order valence-corrected chi connectivity index (χ0v) is 11.6. The minimum atomic E-state index is -0.376. The van der Waals surface area contributed by atoms with E-state index >= 15 is 0 Å². The van der Waals surface area contributed by atoms with Gasteiger partial charge in [0.1, 0.15) is 0 Å². The highest BCUT2D eigenvalue weighted by Gasteiger charge is 2.14. The molecule has 1 aromatic carbocycles. The van der Waals surface area contributed by atoms with Crippen LogP contribution in [0.25, 0.3) is 11.3 Å². The van der Waals surface area contributed by atoms with E-state index in [1.165, 1.54) is 0 Å². The molecule has 0 unspecified atom stereocenters. The predicted molar refractivity (Wildman–Crippen MR) is 80.1 cm³/mol. The maximum Gasteiger partial charge on any atom is 0.277 e. The van der Waals surface area contributed by atoms with Crippen LogP contribution in [0.1, 0.15) is 16.1 Å². The van der Waals surface area contributed by atoms with E-state index in [1.807, 2.05) is 0 Å². The summed E-state index contributed by atoms with van der Waals surface area (Å²) in [7, 11) is 0. The number of benzene rings is 1. The fourth-order valence-electron chi connectivity index (χ4n) is 1.98. The first-order chi connectivity index (χ1) is 10.8. The van der Waals surface area contributed by atoms with E-state index in [1.54, 1.807) is 54.9 Å². The lowest BCUT2D eigenvalue weighted by Crippen LogP contribution is -2.12. The zero-order valence-electron chi connectivity index (χ0n) is 11.6. The topological polar surface area (TPSA) is 88.2 Å². The Hall–Kier alpha value is -2.99. The standard InChI is InChI=1S/C16H13N3O3/c20-10-11-2-1-3-13(8-11)18-16(21)14-9-15(22-19-14)12-4-6-17-7-5-12/h1-9,20H,10H2,(H,18,21). The van der Waals surface area contributed by atoms with Crippen LogP contribution in [0.5, 0.6) is 0 Å². The van der Waals surface area contributed by atoms with Crippen molar-refractivity contribution in [2.45, 2.75) is 6.61 Å². The van der Waals surface area contributed by atoms with Crippen molar-refractivity contribution < 1.29 is 14.4 Å². The van der Waals surface area contributed by atoms with Gasteiger partial charge in [-0.3, -0.25) is 9.78 Å². The van der Waals surface area contributed by atoms with E-state index in [9.17, 15) is 4.79 Å². The van der Waals surface area contributed by atoms with E-state index < -0.39 is 0 Å². The van der Waals surface area contributed by atoms with Crippen molar-refractivity contribution in [3.63, 3.8) is 0 Å². The smallest absolute Gasteiger partial charge is 0.277 e. The van der Waals surface area contributed by atoms with E-state index in [-0.39, 0.29) is 18.2 Å². The molecule has 0 atom stereocenters. The third kappa shape index (κ3) is 3.02. The summed E-state index contributed by atoms with van der Waals surface area (Å²) in [6, 6.07) is 12.1. The first-order valence-electron chi connectivity index (χ1n) is 6.64. The van der Waals surface area contributed by atoms with Crippen molar-refractivity contribution in [2.24, 2.45) is 0 Å². The summed E-state index contributed by atoms with van der Waals surface area (Å²) < 4.78 is 5.18. The Morgan fingerprint density at radius 3 is 2.77 bits per heavy atom. The number of amides is 1. The van der Waals surface area contributed by atoms with Crippen molar-refractivity contribution in [1.82, 2.24) is 10.1 Å². The molecule has 2 N–H and O–H groups in total. The molecule has 1 amide bonds. The minimum absolute atomic E-state index is 0.0835. The molecular weight excluding hydrogens is 282 g/mol. The van der Waals surface area contributed by atoms with Gasteiger partial charge in [0.25, 0.3) is 5.91 Å². The number of hydrogen-bond donors (Lipinski definition) is 2. The maximum absolute atomic E-state index is 12.1. The Morgan fingerprint density at radius 1 is 1.18 bits per heavy atom. The third-order valence-corrected chi connectivity index (χ3v) is 3.08. The number of nitrogens with one attached hydrogen (secondary N) is 1. The molecule has 22 heavy (non-hydrogen) atoms. The van der Waals surface area contributed by atoms with Crippen LogP contribution in [-0.4, -0.2) is 21.2 Å². The number of aliphatic hydroxyl groups is 1. The fourth-order valence-corrected chi connectivity index (χ4v) is 1.98. The minimum Gasteiger partial charge on any atom is -0.392 e. The number of carbonyl (C=O) groups is 1. The van der Waals surface area contributed by atoms with Gasteiger partial charge in [-0.15, -0.1) is 0 Å².